The molecule has 2 unspecified atom stereocenters. The number of fused-ring (bicyclic) bond motifs is 1. The van der Waals surface area contributed by atoms with Gasteiger partial charge >= 0.3 is 0 Å². The van der Waals surface area contributed by atoms with Crippen LogP contribution in [0, 0.1) is 0 Å². The second-order valence-electron chi connectivity index (χ2n) is 5.45. The molecule has 0 radical (unpaired) electrons. The maximum Gasteiger partial charge on any atom is 0.245 e. The highest BCUT2D eigenvalue weighted by atomic mass is 16.5. The average Bonchev–Trinajstić information content (AvgIpc) is 2.87. The number of rotatable bonds is 2. The van der Waals surface area contributed by atoms with Gasteiger partial charge in [0.1, 0.15) is 6.04 Å². The number of hydrogen-bond donors (Lipinski definition) is 0. The lowest BCUT2D eigenvalue weighted by Crippen LogP contribution is -2.58. The number of amides is 2. The van der Waals surface area contributed by atoms with E-state index < -0.39 is 0 Å². The van der Waals surface area contributed by atoms with Crippen LogP contribution in [0.5, 0.6) is 0 Å². The highest BCUT2D eigenvalue weighted by Gasteiger charge is 2.42. The van der Waals surface area contributed by atoms with Crippen molar-refractivity contribution in [2.24, 2.45) is 0 Å². The van der Waals surface area contributed by atoms with Crippen LogP contribution in [0.4, 0.5) is 0 Å². The Kier molecular flexibility index (Phi) is 3.24. The van der Waals surface area contributed by atoms with Crippen molar-refractivity contribution in [1.29, 1.82) is 0 Å². The Morgan fingerprint density at radius 2 is 2.06 bits per heavy atom. The number of nitrogens with zero attached hydrogens (tertiary/aromatic N) is 2. The first-order chi connectivity index (χ1) is 8.75. The summed E-state index contributed by atoms with van der Waals surface area (Å²) in [4.78, 5) is 27.7. The average molecular weight is 252 g/mol. The second kappa shape index (κ2) is 4.88. The summed E-state index contributed by atoms with van der Waals surface area (Å²) < 4.78 is 5.66. The predicted octanol–water partition coefficient (Wildman–Crippen LogP) is 0.389. The van der Waals surface area contributed by atoms with Crippen molar-refractivity contribution in [1.82, 2.24) is 9.80 Å². The summed E-state index contributed by atoms with van der Waals surface area (Å²) in [5.41, 5.74) is 0. The number of carbonyl (C=O) groups excluding carboxylic acids is 2. The zero-order chi connectivity index (χ0) is 12.5. The smallest absolute Gasteiger partial charge is 0.245 e. The van der Waals surface area contributed by atoms with Gasteiger partial charge in [0, 0.05) is 19.7 Å². The quantitative estimate of drug-likeness (QED) is 0.714. The molecular formula is C13H20N2O3. The number of piperazine rings is 1. The van der Waals surface area contributed by atoms with Crippen molar-refractivity contribution in [3.05, 3.63) is 0 Å². The van der Waals surface area contributed by atoms with Gasteiger partial charge in [-0.05, 0) is 32.1 Å². The van der Waals surface area contributed by atoms with E-state index in [1.165, 1.54) is 0 Å². The van der Waals surface area contributed by atoms with Crippen LogP contribution in [0.1, 0.15) is 32.1 Å². The van der Waals surface area contributed by atoms with Gasteiger partial charge in [0.15, 0.2) is 0 Å². The molecule has 0 N–H and O–H groups in total. The minimum absolute atomic E-state index is 0.105. The minimum Gasteiger partial charge on any atom is -0.376 e. The lowest BCUT2D eigenvalue weighted by molar-refractivity contribution is -0.155. The lowest BCUT2D eigenvalue weighted by Gasteiger charge is -2.38. The second-order valence-corrected chi connectivity index (χ2v) is 5.45. The SMILES string of the molecule is O=C1C2CCCN2C(=O)CN1CC1CCCCO1. The van der Waals surface area contributed by atoms with Crippen LogP contribution in [-0.4, -0.2) is 60.0 Å². The van der Waals surface area contributed by atoms with Crippen LogP contribution in [-0.2, 0) is 14.3 Å². The molecule has 0 saturated carbocycles. The summed E-state index contributed by atoms with van der Waals surface area (Å²) in [5, 5.41) is 0. The van der Waals surface area contributed by atoms with E-state index in [1.807, 2.05) is 0 Å². The van der Waals surface area contributed by atoms with E-state index >= 15 is 0 Å². The summed E-state index contributed by atoms with van der Waals surface area (Å²) in [6, 6.07) is -0.185. The van der Waals surface area contributed by atoms with E-state index in [9.17, 15) is 9.59 Å². The third-order valence-electron chi connectivity index (χ3n) is 4.19. The molecule has 18 heavy (non-hydrogen) atoms. The van der Waals surface area contributed by atoms with E-state index in [0.29, 0.717) is 6.54 Å². The molecule has 0 spiro atoms. The summed E-state index contributed by atoms with van der Waals surface area (Å²) >= 11 is 0. The normalized spacial score (nSPS) is 32.9. The first-order valence-electron chi connectivity index (χ1n) is 6.95. The molecule has 5 heteroatoms. The standard InChI is InChI=1S/C13H20N2O3/c16-12-9-14(8-10-4-1-2-7-18-10)13(17)11-5-3-6-15(11)12/h10-11H,1-9H2. The molecule has 0 aromatic rings. The summed E-state index contributed by atoms with van der Waals surface area (Å²) in [6.07, 6.45) is 5.19. The van der Waals surface area contributed by atoms with Crippen molar-refractivity contribution < 1.29 is 14.3 Å². The van der Waals surface area contributed by atoms with Gasteiger partial charge in [0.2, 0.25) is 11.8 Å². The van der Waals surface area contributed by atoms with Crippen LogP contribution < -0.4 is 0 Å². The molecule has 5 nitrogen and oxygen atoms in total. The first-order valence-corrected chi connectivity index (χ1v) is 6.95. The van der Waals surface area contributed by atoms with Gasteiger partial charge in [0.05, 0.1) is 12.6 Å². The van der Waals surface area contributed by atoms with E-state index in [2.05, 4.69) is 0 Å². The van der Waals surface area contributed by atoms with Gasteiger partial charge in [-0.25, -0.2) is 0 Å². The summed E-state index contributed by atoms with van der Waals surface area (Å²) in [5.74, 6) is 0.231. The molecule has 3 aliphatic heterocycles. The molecule has 100 valence electrons. The fraction of sp³-hybridized carbons (Fsp3) is 0.846. The van der Waals surface area contributed by atoms with Crippen LogP contribution in [0.15, 0.2) is 0 Å². The third kappa shape index (κ3) is 2.11. The lowest BCUT2D eigenvalue weighted by atomic mass is 10.1. The molecule has 3 fully saturated rings. The van der Waals surface area contributed by atoms with Crippen molar-refractivity contribution in [3.8, 4) is 0 Å². The fourth-order valence-electron chi connectivity index (χ4n) is 3.22. The van der Waals surface area contributed by atoms with Gasteiger partial charge in [-0.3, -0.25) is 9.59 Å². The zero-order valence-corrected chi connectivity index (χ0v) is 10.6. The van der Waals surface area contributed by atoms with Gasteiger partial charge < -0.3 is 14.5 Å². The van der Waals surface area contributed by atoms with Crippen LogP contribution >= 0.6 is 0 Å². The van der Waals surface area contributed by atoms with Crippen molar-refractivity contribution in [2.45, 2.75) is 44.2 Å². The number of ether oxygens (including phenoxy) is 1. The van der Waals surface area contributed by atoms with Gasteiger partial charge in [-0.2, -0.15) is 0 Å². The maximum absolute atomic E-state index is 12.3. The largest absolute Gasteiger partial charge is 0.376 e. The Bertz CT molecular complexity index is 352. The molecule has 3 saturated heterocycles. The molecule has 2 atom stereocenters. The Balaban J connectivity index is 1.65. The van der Waals surface area contributed by atoms with Gasteiger partial charge in [0.25, 0.3) is 0 Å². The fourth-order valence-corrected chi connectivity index (χ4v) is 3.22. The van der Waals surface area contributed by atoms with E-state index in [0.717, 1.165) is 45.3 Å². The highest BCUT2D eigenvalue weighted by Crippen LogP contribution is 2.24. The first kappa shape index (κ1) is 12.0. The molecule has 3 rings (SSSR count). The predicted molar refractivity (Wildman–Crippen MR) is 64.9 cm³/mol. The molecule has 2 amide bonds. The van der Waals surface area contributed by atoms with Crippen molar-refractivity contribution in [3.63, 3.8) is 0 Å². The van der Waals surface area contributed by atoms with Crippen molar-refractivity contribution in [2.75, 3.05) is 26.2 Å². The van der Waals surface area contributed by atoms with Crippen LogP contribution in [0.25, 0.3) is 0 Å². The molecule has 0 aliphatic carbocycles. The summed E-state index contributed by atoms with van der Waals surface area (Å²) in [7, 11) is 0. The summed E-state index contributed by atoms with van der Waals surface area (Å²) in [6.45, 7) is 2.38. The minimum atomic E-state index is -0.185. The number of hydrogen-bond acceptors (Lipinski definition) is 3. The molecular weight excluding hydrogens is 232 g/mol. The highest BCUT2D eigenvalue weighted by molar-refractivity contribution is 5.95. The Morgan fingerprint density at radius 3 is 2.83 bits per heavy atom. The zero-order valence-electron chi connectivity index (χ0n) is 10.6. The van der Waals surface area contributed by atoms with Crippen LogP contribution in [0.2, 0.25) is 0 Å². The van der Waals surface area contributed by atoms with Gasteiger partial charge in [-0.1, -0.05) is 0 Å². The van der Waals surface area contributed by atoms with E-state index in [4.69, 9.17) is 4.74 Å². The van der Waals surface area contributed by atoms with Gasteiger partial charge in [-0.15, -0.1) is 0 Å². The molecule has 0 aromatic carbocycles. The van der Waals surface area contributed by atoms with E-state index in [-0.39, 0.29) is 30.5 Å². The molecule has 3 heterocycles. The Morgan fingerprint density at radius 1 is 1.17 bits per heavy atom. The molecule has 0 bridgehead atoms. The Labute approximate surface area is 107 Å². The Hall–Kier alpha value is -1.10. The van der Waals surface area contributed by atoms with Crippen molar-refractivity contribution >= 4 is 11.8 Å². The van der Waals surface area contributed by atoms with Crippen LogP contribution in [0.3, 0.4) is 0 Å². The topological polar surface area (TPSA) is 49.9 Å². The van der Waals surface area contributed by atoms with E-state index in [1.54, 1.807) is 9.80 Å². The maximum atomic E-state index is 12.3. The molecule has 0 aromatic heterocycles. The number of carbonyl (C=O) groups is 2. The third-order valence-corrected chi connectivity index (χ3v) is 4.19. The molecule has 3 aliphatic rings. The monoisotopic (exact) mass is 252 g/mol.